The van der Waals surface area contributed by atoms with Crippen LogP contribution >= 0.6 is 11.6 Å². The van der Waals surface area contributed by atoms with Crippen LogP contribution in [0.5, 0.6) is 0 Å². The number of carbonyl (C=O) groups is 1. The maximum Gasteiger partial charge on any atom is 0.337 e. The van der Waals surface area contributed by atoms with Crippen molar-refractivity contribution in [3.63, 3.8) is 0 Å². The molecule has 2 N–H and O–H groups in total. The first-order valence-electron chi connectivity index (χ1n) is 6.76. The number of carboxylic acids is 1. The fourth-order valence-electron chi connectivity index (χ4n) is 2.87. The van der Waals surface area contributed by atoms with Crippen molar-refractivity contribution in [3.8, 4) is 0 Å². The van der Waals surface area contributed by atoms with Crippen LogP contribution in [0.2, 0.25) is 5.02 Å². The van der Waals surface area contributed by atoms with E-state index in [1.807, 2.05) is 6.07 Å². The van der Waals surface area contributed by atoms with Crippen LogP contribution in [-0.2, 0) is 0 Å². The highest BCUT2D eigenvalue weighted by molar-refractivity contribution is 6.33. The quantitative estimate of drug-likeness (QED) is 0.870. The molecule has 0 aromatic heterocycles. The summed E-state index contributed by atoms with van der Waals surface area (Å²) in [6.45, 7) is 4.54. The van der Waals surface area contributed by atoms with Gasteiger partial charge in [-0.1, -0.05) is 25.4 Å². The molecule has 19 heavy (non-hydrogen) atoms. The Morgan fingerprint density at radius 2 is 2.11 bits per heavy atom. The van der Waals surface area contributed by atoms with Gasteiger partial charge in [0.25, 0.3) is 0 Å². The van der Waals surface area contributed by atoms with Crippen LogP contribution in [0.15, 0.2) is 18.2 Å². The fraction of sp³-hybridized carbons (Fsp3) is 0.533. The largest absolute Gasteiger partial charge is 0.478 e. The Balaban J connectivity index is 2.11. The first kappa shape index (κ1) is 14.2. The third kappa shape index (κ3) is 3.41. The van der Waals surface area contributed by atoms with Gasteiger partial charge in [-0.15, -0.1) is 0 Å². The Labute approximate surface area is 119 Å². The average molecular weight is 282 g/mol. The zero-order valence-corrected chi connectivity index (χ0v) is 12.1. The number of hydrogen-bond acceptors (Lipinski definition) is 2. The van der Waals surface area contributed by atoms with E-state index < -0.39 is 5.97 Å². The highest BCUT2D eigenvalue weighted by Crippen LogP contribution is 2.31. The Kier molecular flexibility index (Phi) is 4.35. The summed E-state index contributed by atoms with van der Waals surface area (Å²) in [7, 11) is 0. The zero-order chi connectivity index (χ0) is 14.0. The molecule has 1 aliphatic carbocycles. The average Bonchev–Trinajstić information content (AvgIpc) is 2.34. The molecule has 3 nitrogen and oxygen atoms in total. The van der Waals surface area contributed by atoms with E-state index in [2.05, 4.69) is 19.2 Å². The second-order valence-electron chi connectivity index (χ2n) is 5.65. The van der Waals surface area contributed by atoms with Gasteiger partial charge in [0.1, 0.15) is 0 Å². The van der Waals surface area contributed by atoms with Gasteiger partial charge in [0, 0.05) is 11.7 Å². The van der Waals surface area contributed by atoms with Gasteiger partial charge in [0.05, 0.1) is 10.6 Å². The Hall–Kier alpha value is -1.22. The van der Waals surface area contributed by atoms with E-state index >= 15 is 0 Å². The van der Waals surface area contributed by atoms with E-state index in [0.29, 0.717) is 12.0 Å². The summed E-state index contributed by atoms with van der Waals surface area (Å²) in [6.07, 6.45) is 3.58. The third-order valence-electron chi connectivity index (χ3n) is 3.98. The minimum Gasteiger partial charge on any atom is -0.478 e. The lowest BCUT2D eigenvalue weighted by Gasteiger charge is -2.33. The van der Waals surface area contributed by atoms with Crippen molar-refractivity contribution in [2.24, 2.45) is 11.8 Å². The standard InChI is InChI=1S/C15H20ClNO2/c1-9-3-6-14(10(2)7-9)17-11-4-5-13(16)12(8-11)15(18)19/h4-5,8-10,14,17H,3,6-7H2,1-2H3,(H,18,19). The monoisotopic (exact) mass is 281 g/mol. The number of halogens is 1. The third-order valence-corrected chi connectivity index (χ3v) is 4.31. The van der Waals surface area contributed by atoms with Crippen molar-refractivity contribution in [1.29, 1.82) is 0 Å². The Morgan fingerprint density at radius 3 is 2.74 bits per heavy atom. The Bertz CT molecular complexity index is 475. The molecule has 0 amide bonds. The molecule has 1 aliphatic rings. The summed E-state index contributed by atoms with van der Waals surface area (Å²) in [5.41, 5.74) is 0.997. The molecule has 0 bridgehead atoms. The van der Waals surface area contributed by atoms with Gasteiger partial charge in [-0.05, 0) is 49.3 Å². The van der Waals surface area contributed by atoms with Crippen molar-refractivity contribution in [3.05, 3.63) is 28.8 Å². The number of carboxylic acid groups (broad SMARTS) is 1. The Morgan fingerprint density at radius 1 is 1.37 bits per heavy atom. The van der Waals surface area contributed by atoms with Gasteiger partial charge < -0.3 is 10.4 Å². The van der Waals surface area contributed by atoms with E-state index in [1.165, 1.54) is 12.8 Å². The number of nitrogens with one attached hydrogen (secondary N) is 1. The molecule has 0 saturated heterocycles. The minimum atomic E-state index is -0.987. The molecule has 104 valence electrons. The maximum absolute atomic E-state index is 11.1. The fourth-order valence-corrected chi connectivity index (χ4v) is 3.07. The molecular weight excluding hydrogens is 262 g/mol. The van der Waals surface area contributed by atoms with Crippen LogP contribution in [0.1, 0.15) is 43.5 Å². The number of hydrogen-bond donors (Lipinski definition) is 2. The summed E-state index contributed by atoms with van der Waals surface area (Å²) in [5.74, 6) is 0.402. The first-order valence-corrected chi connectivity index (χ1v) is 7.14. The van der Waals surface area contributed by atoms with Gasteiger partial charge in [0.2, 0.25) is 0 Å². The molecule has 1 fully saturated rings. The summed E-state index contributed by atoms with van der Waals surface area (Å²) in [6, 6.07) is 5.53. The lowest BCUT2D eigenvalue weighted by atomic mass is 9.80. The second-order valence-corrected chi connectivity index (χ2v) is 6.05. The minimum absolute atomic E-state index is 0.156. The van der Waals surface area contributed by atoms with Crippen molar-refractivity contribution in [1.82, 2.24) is 0 Å². The molecule has 0 radical (unpaired) electrons. The van der Waals surface area contributed by atoms with Gasteiger partial charge in [-0.3, -0.25) is 0 Å². The van der Waals surface area contributed by atoms with Gasteiger partial charge in [-0.25, -0.2) is 4.79 Å². The molecule has 4 heteroatoms. The van der Waals surface area contributed by atoms with Gasteiger partial charge in [0.15, 0.2) is 0 Å². The van der Waals surface area contributed by atoms with Gasteiger partial charge >= 0.3 is 5.97 Å². The lowest BCUT2D eigenvalue weighted by Crippen LogP contribution is -2.33. The lowest BCUT2D eigenvalue weighted by molar-refractivity contribution is 0.0697. The zero-order valence-electron chi connectivity index (χ0n) is 11.3. The SMILES string of the molecule is CC1CCC(Nc2ccc(Cl)c(C(=O)O)c2)C(C)C1. The normalized spacial score (nSPS) is 27.0. The molecule has 1 aromatic carbocycles. The molecule has 3 unspecified atom stereocenters. The summed E-state index contributed by atoms with van der Waals surface area (Å²) in [4.78, 5) is 11.1. The van der Waals surface area contributed by atoms with Crippen LogP contribution < -0.4 is 5.32 Å². The molecule has 2 rings (SSSR count). The molecule has 1 saturated carbocycles. The number of aromatic carboxylic acids is 1. The van der Waals surface area contributed by atoms with Crippen LogP contribution in [-0.4, -0.2) is 17.1 Å². The van der Waals surface area contributed by atoms with Crippen molar-refractivity contribution in [2.45, 2.75) is 39.2 Å². The molecule has 0 heterocycles. The molecule has 0 spiro atoms. The van der Waals surface area contributed by atoms with Crippen LogP contribution in [0, 0.1) is 11.8 Å². The second kappa shape index (κ2) is 5.83. The van der Waals surface area contributed by atoms with E-state index in [-0.39, 0.29) is 10.6 Å². The smallest absolute Gasteiger partial charge is 0.337 e. The highest BCUT2D eigenvalue weighted by Gasteiger charge is 2.25. The number of benzene rings is 1. The number of anilines is 1. The van der Waals surface area contributed by atoms with Crippen LogP contribution in [0.3, 0.4) is 0 Å². The first-order chi connectivity index (χ1) is 8.97. The van der Waals surface area contributed by atoms with Crippen molar-refractivity contribution >= 4 is 23.3 Å². The van der Waals surface area contributed by atoms with Crippen LogP contribution in [0.25, 0.3) is 0 Å². The predicted octanol–water partition coefficient (Wildman–Crippen LogP) is 4.27. The van der Waals surface area contributed by atoms with Crippen molar-refractivity contribution < 1.29 is 9.90 Å². The molecular formula is C15H20ClNO2. The highest BCUT2D eigenvalue weighted by atomic mass is 35.5. The van der Waals surface area contributed by atoms with Crippen molar-refractivity contribution in [2.75, 3.05) is 5.32 Å². The summed E-state index contributed by atoms with van der Waals surface area (Å²) >= 11 is 5.87. The molecule has 0 aliphatic heterocycles. The summed E-state index contributed by atoms with van der Waals surface area (Å²) < 4.78 is 0. The number of rotatable bonds is 3. The maximum atomic E-state index is 11.1. The van der Waals surface area contributed by atoms with E-state index in [1.54, 1.807) is 12.1 Å². The summed E-state index contributed by atoms with van der Waals surface area (Å²) in [5, 5.41) is 12.8. The molecule has 3 atom stereocenters. The predicted molar refractivity (Wildman–Crippen MR) is 78.0 cm³/mol. The van der Waals surface area contributed by atoms with Gasteiger partial charge in [-0.2, -0.15) is 0 Å². The van der Waals surface area contributed by atoms with E-state index in [9.17, 15) is 4.79 Å². The molecule has 1 aromatic rings. The van der Waals surface area contributed by atoms with Crippen LogP contribution in [0.4, 0.5) is 5.69 Å². The van der Waals surface area contributed by atoms with E-state index in [0.717, 1.165) is 18.0 Å². The van der Waals surface area contributed by atoms with E-state index in [4.69, 9.17) is 16.7 Å². The topological polar surface area (TPSA) is 49.3 Å².